The van der Waals surface area contributed by atoms with Crippen LogP contribution in [0, 0.1) is 10.8 Å². The van der Waals surface area contributed by atoms with E-state index in [0.717, 1.165) is 68.3 Å². The van der Waals surface area contributed by atoms with E-state index in [1.165, 1.54) is 0 Å². The van der Waals surface area contributed by atoms with Crippen LogP contribution >= 0.6 is 23.2 Å². The number of nitrogens with zero attached hydrogens (tertiary/aromatic N) is 4. The van der Waals surface area contributed by atoms with Gasteiger partial charge in [-0.05, 0) is 29.8 Å². The molecule has 3 N–H and O–H groups in total. The Bertz CT molecular complexity index is 2040. The van der Waals surface area contributed by atoms with Crippen molar-refractivity contribution in [3.63, 3.8) is 0 Å². The number of nitrogens with one attached hydrogen (secondary N) is 3. The lowest BCUT2D eigenvalue weighted by Gasteiger charge is -2.47. The number of ether oxygens (including phenoxy) is 1. The Morgan fingerprint density at radius 2 is 1.55 bits per heavy atom. The van der Waals surface area contributed by atoms with Crippen LogP contribution in [0.15, 0.2) is 67.0 Å². The smallest absolute Gasteiger partial charge is 0.274 e. The molecule has 262 valence electrons. The summed E-state index contributed by atoms with van der Waals surface area (Å²) < 4.78 is 5.78. The molecule has 2 aromatic carbocycles. The molecule has 11 nitrogen and oxygen atoms in total. The van der Waals surface area contributed by atoms with Gasteiger partial charge >= 0.3 is 0 Å². The highest BCUT2D eigenvalue weighted by atomic mass is 35.5. The number of anilines is 1. The fraction of sp³-hybridized carbons (Fsp3) is 0.342. The molecule has 13 heteroatoms. The number of rotatable bonds is 9. The summed E-state index contributed by atoms with van der Waals surface area (Å²) in [6.45, 7) is 6.41. The zero-order chi connectivity index (χ0) is 35.3. The van der Waals surface area contributed by atoms with Gasteiger partial charge in [0.1, 0.15) is 11.4 Å². The lowest BCUT2D eigenvalue weighted by molar-refractivity contribution is -0.121. The molecular formula is C38H37Cl2N7O4. The van der Waals surface area contributed by atoms with Gasteiger partial charge in [-0.1, -0.05) is 53.5 Å². The van der Waals surface area contributed by atoms with Crippen LogP contribution in [-0.2, 0) is 22.7 Å². The van der Waals surface area contributed by atoms with Gasteiger partial charge in [0.15, 0.2) is 0 Å². The number of likely N-dealkylation sites (tertiary alicyclic amines) is 2. The molecule has 4 aliphatic heterocycles. The van der Waals surface area contributed by atoms with Crippen molar-refractivity contribution in [2.75, 3.05) is 51.7 Å². The molecule has 0 saturated carbocycles. The van der Waals surface area contributed by atoms with E-state index in [1.807, 2.05) is 36.4 Å². The van der Waals surface area contributed by atoms with Gasteiger partial charge in [0.25, 0.3) is 5.91 Å². The Kier molecular flexibility index (Phi) is 8.70. The molecule has 4 fully saturated rings. The van der Waals surface area contributed by atoms with Gasteiger partial charge in [-0.2, -0.15) is 0 Å². The van der Waals surface area contributed by atoms with E-state index >= 15 is 0 Å². The monoisotopic (exact) mass is 725 g/mol. The summed E-state index contributed by atoms with van der Waals surface area (Å²) in [5.74, 6) is 0.613. The normalized spacial score (nSPS) is 19.0. The average molecular weight is 727 g/mol. The minimum absolute atomic E-state index is 0.0580. The number of hydrogen-bond donors (Lipinski definition) is 3. The molecule has 8 rings (SSSR count). The Balaban J connectivity index is 0.940. The van der Waals surface area contributed by atoms with Crippen molar-refractivity contribution in [1.29, 1.82) is 0 Å². The van der Waals surface area contributed by atoms with Crippen LogP contribution in [-0.4, -0.2) is 83.9 Å². The third-order valence-electron chi connectivity index (χ3n) is 10.5. The second kappa shape index (κ2) is 13.2. The quantitative estimate of drug-likeness (QED) is 0.220. The molecule has 51 heavy (non-hydrogen) atoms. The van der Waals surface area contributed by atoms with E-state index in [0.29, 0.717) is 51.9 Å². The number of carbonyl (C=O) groups is 3. The van der Waals surface area contributed by atoms with E-state index in [2.05, 4.69) is 35.7 Å². The van der Waals surface area contributed by atoms with E-state index in [1.54, 1.807) is 37.7 Å². The maximum absolute atomic E-state index is 13.2. The lowest BCUT2D eigenvalue weighted by atomic mass is 9.79. The maximum Gasteiger partial charge on any atom is 0.274 e. The van der Waals surface area contributed by atoms with Gasteiger partial charge in [-0.15, -0.1) is 0 Å². The molecule has 0 atom stereocenters. The minimum atomic E-state index is -0.380. The highest BCUT2D eigenvalue weighted by Crippen LogP contribution is 2.43. The molecule has 0 aliphatic carbocycles. The van der Waals surface area contributed by atoms with E-state index in [-0.39, 0.29) is 34.2 Å². The molecule has 0 bridgehead atoms. The summed E-state index contributed by atoms with van der Waals surface area (Å²) in [6, 6.07) is 16.8. The highest BCUT2D eigenvalue weighted by molar-refractivity contribution is 6.39. The van der Waals surface area contributed by atoms with Gasteiger partial charge in [0.2, 0.25) is 11.8 Å². The first-order valence-corrected chi connectivity index (χ1v) is 17.7. The first kappa shape index (κ1) is 33.6. The summed E-state index contributed by atoms with van der Waals surface area (Å²) in [5.41, 5.74) is 5.56. The largest absolute Gasteiger partial charge is 0.496 e. The number of benzene rings is 2. The van der Waals surface area contributed by atoms with Crippen molar-refractivity contribution in [1.82, 2.24) is 30.4 Å². The summed E-state index contributed by atoms with van der Waals surface area (Å²) in [6.07, 6.45) is 4.58. The number of pyridine rings is 2. The first-order chi connectivity index (χ1) is 24.6. The Labute approximate surface area is 305 Å². The number of halogens is 2. The fourth-order valence-electron chi connectivity index (χ4n) is 8.03. The molecule has 2 spiro atoms. The second-order valence-corrected chi connectivity index (χ2v) is 15.2. The van der Waals surface area contributed by atoms with Gasteiger partial charge in [-0.3, -0.25) is 34.2 Å². The Morgan fingerprint density at radius 1 is 0.863 bits per heavy atom. The zero-order valence-corrected chi connectivity index (χ0v) is 29.6. The number of amides is 3. The predicted molar refractivity (Wildman–Crippen MR) is 195 cm³/mol. The van der Waals surface area contributed by atoms with Crippen LogP contribution in [0.5, 0.6) is 5.75 Å². The van der Waals surface area contributed by atoms with Crippen molar-refractivity contribution in [2.24, 2.45) is 10.8 Å². The van der Waals surface area contributed by atoms with Gasteiger partial charge in [-0.25, -0.2) is 0 Å². The lowest BCUT2D eigenvalue weighted by Crippen LogP contribution is -2.56. The number of methoxy groups -OCH3 is 1. The van der Waals surface area contributed by atoms with Gasteiger partial charge in [0, 0.05) is 111 Å². The van der Waals surface area contributed by atoms with Crippen LogP contribution in [0.1, 0.15) is 34.5 Å². The first-order valence-electron chi connectivity index (χ1n) is 17.0. The number of carbonyl (C=O) groups excluding carboxylic acids is 3. The third-order valence-corrected chi connectivity index (χ3v) is 11.3. The molecular weight excluding hydrogens is 689 g/mol. The second-order valence-electron chi connectivity index (χ2n) is 14.4. The molecule has 6 heterocycles. The van der Waals surface area contributed by atoms with Crippen molar-refractivity contribution < 1.29 is 19.1 Å². The summed E-state index contributed by atoms with van der Waals surface area (Å²) >= 11 is 13.9. The van der Waals surface area contributed by atoms with Crippen LogP contribution in [0.4, 0.5) is 5.69 Å². The molecule has 0 radical (unpaired) electrons. The van der Waals surface area contributed by atoms with Gasteiger partial charge < -0.3 is 20.7 Å². The zero-order valence-electron chi connectivity index (χ0n) is 28.1. The van der Waals surface area contributed by atoms with Crippen molar-refractivity contribution in [3.05, 3.63) is 93.9 Å². The summed E-state index contributed by atoms with van der Waals surface area (Å²) in [5, 5.41) is 9.55. The van der Waals surface area contributed by atoms with Crippen LogP contribution < -0.4 is 20.7 Å². The Hall–Kier alpha value is -4.55. The van der Waals surface area contributed by atoms with Crippen LogP contribution in [0.3, 0.4) is 0 Å². The van der Waals surface area contributed by atoms with Crippen LogP contribution in [0.2, 0.25) is 10.0 Å². The van der Waals surface area contributed by atoms with E-state index < -0.39 is 0 Å². The van der Waals surface area contributed by atoms with Crippen molar-refractivity contribution in [3.8, 4) is 28.1 Å². The topological polar surface area (TPSA) is 129 Å². The Morgan fingerprint density at radius 3 is 2.18 bits per heavy atom. The summed E-state index contributed by atoms with van der Waals surface area (Å²) in [7, 11) is 1.65. The third kappa shape index (κ3) is 6.55. The van der Waals surface area contributed by atoms with Crippen molar-refractivity contribution >= 4 is 46.6 Å². The molecule has 2 aromatic heterocycles. The SMILES string of the molecule is COc1cc(-c2nccc(-c3cccc(NC(=O)c4ccc(CN5CC6(CNC(=O)C6)C5)cn4)c3Cl)c2Cl)ccc1CN1CC2(CNC(=O)C2)C1. The number of aromatic nitrogens is 2. The van der Waals surface area contributed by atoms with Crippen molar-refractivity contribution in [2.45, 2.75) is 25.9 Å². The highest BCUT2D eigenvalue weighted by Gasteiger charge is 2.48. The fourth-order valence-corrected chi connectivity index (χ4v) is 8.63. The molecule has 3 amide bonds. The molecule has 4 aliphatic rings. The van der Waals surface area contributed by atoms with Crippen LogP contribution in [0.25, 0.3) is 22.4 Å². The van der Waals surface area contributed by atoms with Gasteiger partial charge in [0.05, 0.1) is 28.5 Å². The average Bonchev–Trinajstić information content (AvgIpc) is 3.69. The van der Waals surface area contributed by atoms with E-state index in [9.17, 15) is 14.4 Å². The standard InChI is InChI=1S/C38H37Cl2N7O4/c1-51-30-11-24(6-7-25(30)16-47-21-38(22-47)13-32(49)44-18-38)35-34(40)27(9-10-41-35)26-3-2-4-28(33(26)39)45-36(50)29-8-5-23(14-42-29)15-46-19-37(20-46)12-31(48)43-17-37/h2-11,14H,12-13,15-22H2,1H3,(H,43,48)(H,44,49)(H,45,50). The maximum atomic E-state index is 13.2. The molecule has 0 unspecified atom stereocenters. The number of hydrogen-bond acceptors (Lipinski definition) is 8. The molecule has 4 aromatic rings. The minimum Gasteiger partial charge on any atom is -0.496 e. The summed E-state index contributed by atoms with van der Waals surface area (Å²) in [4.78, 5) is 50.2. The molecule has 4 saturated heterocycles. The van der Waals surface area contributed by atoms with E-state index in [4.69, 9.17) is 27.9 Å². The predicted octanol–water partition coefficient (Wildman–Crippen LogP) is 5.02.